The maximum atomic E-state index is 12.8. The number of allylic oxidation sites excluding steroid dienone is 1. The van der Waals surface area contributed by atoms with Gasteiger partial charge in [-0.2, -0.15) is 5.26 Å². The van der Waals surface area contributed by atoms with Gasteiger partial charge in [0.15, 0.2) is 0 Å². The molecular weight excluding hydrogens is 442 g/mol. The normalized spacial score (nSPS) is 17.6. The maximum Gasteiger partial charge on any atom is 0.319 e. The van der Waals surface area contributed by atoms with Crippen LogP contribution in [0.25, 0.3) is 0 Å². The third-order valence-corrected chi connectivity index (χ3v) is 6.14. The van der Waals surface area contributed by atoms with Gasteiger partial charge >= 0.3 is 5.97 Å². The Balaban J connectivity index is 1.86. The van der Waals surface area contributed by atoms with E-state index in [1.165, 1.54) is 14.2 Å². The van der Waals surface area contributed by atoms with Crippen LogP contribution in [0.4, 0.5) is 5.69 Å². The molecule has 0 radical (unpaired) electrons. The van der Waals surface area contributed by atoms with Crippen LogP contribution in [0.15, 0.2) is 59.1 Å². The van der Waals surface area contributed by atoms with Crippen LogP contribution in [-0.4, -0.2) is 37.8 Å². The molecule has 2 aromatic rings. The summed E-state index contributed by atoms with van der Waals surface area (Å²) >= 11 is 1.02. The largest absolute Gasteiger partial charge is 0.497 e. The Morgan fingerprint density at radius 2 is 1.91 bits per heavy atom. The van der Waals surface area contributed by atoms with Gasteiger partial charge in [-0.15, -0.1) is 0 Å². The summed E-state index contributed by atoms with van der Waals surface area (Å²) in [4.78, 5) is 37.7. The molecule has 0 aromatic heterocycles. The molecule has 2 aromatic carbocycles. The van der Waals surface area contributed by atoms with E-state index in [1.807, 2.05) is 19.1 Å². The molecule has 33 heavy (non-hydrogen) atoms. The molecule has 0 saturated heterocycles. The summed E-state index contributed by atoms with van der Waals surface area (Å²) < 4.78 is 9.98. The van der Waals surface area contributed by atoms with Gasteiger partial charge in [-0.3, -0.25) is 14.4 Å². The minimum absolute atomic E-state index is 0.0541. The van der Waals surface area contributed by atoms with Crippen molar-refractivity contribution in [2.24, 2.45) is 5.92 Å². The molecule has 0 unspecified atom stereocenters. The number of esters is 1. The van der Waals surface area contributed by atoms with Crippen molar-refractivity contribution in [1.82, 2.24) is 5.32 Å². The number of benzene rings is 2. The fourth-order valence-corrected chi connectivity index (χ4v) is 4.34. The molecule has 0 bridgehead atoms. The van der Waals surface area contributed by atoms with E-state index in [0.717, 1.165) is 17.3 Å². The first-order valence-electron chi connectivity index (χ1n) is 10.0. The van der Waals surface area contributed by atoms with Gasteiger partial charge in [0.25, 0.3) is 0 Å². The van der Waals surface area contributed by atoms with Gasteiger partial charge in [0.1, 0.15) is 11.7 Å². The molecule has 2 N–H and O–H groups in total. The number of nitrogens with one attached hydrogen (secondary N) is 2. The van der Waals surface area contributed by atoms with Gasteiger partial charge in [-0.1, -0.05) is 47.7 Å². The van der Waals surface area contributed by atoms with Crippen molar-refractivity contribution in [1.29, 1.82) is 5.26 Å². The second kappa shape index (κ2) is 10.7. The molecule has 1 aliphatic rings. The molecule has 0 aliphatic carbocycles. The second-order valence-corrected chi connectivity index (χ2v) is 8.29. The van der Waals surface area contributed by atoms with Crippen LogP contribution in [0.3, 0.4) is 0 Å². The smallest absolute Gasteiger partial charge is 0.319 e. The Bertz CT molecular complexity index is 1140. The lowest BCUT2D eigenvalue weighted by Gasteiger charge is -2.31. The van der Waals surface area contributed by atoms with E-state index in [0.29, 0.717) is 17.0 Å². The van der Waals surface area contributed by atoms with Crippen LogP contribution in [0.5, 0.6) is 5.75 Å². The van der Waals surface area contributed by atoms with E-state index < -0.39 is 23.7 Å². The number of hydrogen-bond acceptors (Lipinski definition) is 7. The highest BCUT2D eigenvalue weighted by Crippen LogP contribution is 2.40. The van der Waals surface area contributed by atoms with Gasteiger partial charge in [0.05, 0.1) is 36.6 Å². The summed E-state index contributed by atoms with van der Waals surface area (Å²) in [6, 6.07) is 16.3. The number of ether oxygens (including phenoxy) is 2. The van der Waals surface area contributed by atoms with Gasteiger partial charge in [0.2, 0.25) is 11.8 Å². The van der Waals surface area contributed by atoms with Gasteiger partial charge < -0.3 is 20.1 Å². The number of nitriles is 1. The van der Waals surface area contributed by atoms with Crippen molar-refractivity contribution < 1.29 is 23.9 Å². The summed E-state index contributed by atoms with van der Waals surface area (Å²) in [7, 11) is 2.73. The first kappa shape index (κ1) is 23.9. The first-order chi connectivity index (χ1) is 15.9. The van der Waals surface area contributed by atoms with Crippen molar-refractivity contribution in [2.75, 3.05) is 25.3 Å². The molecular formula is C24H23N3O5S. The lowest BCUT2D eigenvalue weighted by atomic mass is 9.78. The zero-order valence-corrected chi connectivity index (χ0v) is 19.2. The van der Waals surface area contributed by atoms with Crippen LogP contribution in [0.2, 0.25) is 0 Å². The number of nitrogens with zero attached hydrogens (tertiary/aromatic N) is 1. The van der Waals surface area contributed by atoms with E-state index in [2.05, 4.69) is 16.7 Å². The fraction of sp³-hybridized carbons (Fsp3) is 0.250. The Morgan fingerprint density at radius 1 is 1.18 bits per heavy atom. The van der Waals surface area contributed by atoms with Crippen molar-refractivity contribution in [3.05, 3.63) is 70.3 Å². The third kappa shape index (κ3) is 5.54. The number of thioether (sulfide) groups is 1. The minimum atomic E-state index is -1.21. The van der Waals surface area contributed by atoms with Crippen molar-refractivity contribution in [2.45, 2.75) is 12.8 Å². The van der Waals surface area contributed by atoms with E-state index in [4.69, 9.17) is 9.47 Å². The summed E-state index contributed by atoms with van der Waals surface area (Å²) in [5, 5.41) is 15.5. The van der Waals surface area contributed by atoms with E-state index in [9.17, 15) is 19.6 Å². The zero-order valence-electron chi connectivity index (χ0n) is 18.4. The Kier molecular flexibility index (Phi) is 7.74. The highest BCUT2D eigenvalue weighted by molar-refractivity contribution is 8.03. The molecule has 0 fully saturated rings. The number of amides is 2. The topological polar surface area (TPSA) is 118 Å². The number of carbonyl (C=O) groups excluding carboxylic acids is 3. The molecule has 1 aliphatic heterocycles. The van der Waals surface area contributed by atoms with Gasteiger partial charge in [0, 0.05) is 17.7 Å². The fourth-order valence-electron chi connectivity index (χ4n) is 3.49. The number of rotatable bonds is 7. The zero-order chi connectivity index (χ0) is 24.0. The second-order valence-electron chi connectivity index (χ2n) is 7.30. The molecule has 8 nitrogen and oxygen atoms in total. The maximum absolute atomic E-state index is 12.8. The molecule has 0 saturated carbocycles. The predicted octanol–water partition coefficient (Wildman–Crippen LogP) is 3.11. The monoisotopic (exact) mass is 465 g/mol. The Hall–Kier alpha value is -3.77. The Labute approximate surface area is 195 Å². The highest BCUT2D eigenvalue weighted by atomic mass is 32.2. The number of methoxy groups -OCH3 is 2. The van der Waals surface area contributed by atoms with Gasteiger partial charge in [-0.05, 0) is 24.6 Å². The lowest BCUT2D eigenvalue weighted by Crippen LogP contribution is -2.44. The summed E-state index contributed by atoms with van der Waals surface area (Å²) in [5.74, 6) is -3.11. The molecule has 2 amide bonds. The minimum Gasteiger partial charge on any atom is -0.497 e. The number of hydrogen-bond donors (Lipinski definition) is 2. The number of anilines is 1. The lowest BCUT2D eigenvalue weighted by molar-refractivity contribution is -0.150. The standard InChI is InChI=1S/C24H23N3O5S/c1-14-7-9-15(10-8-14)20-18(12-25)23(27-22(29)21(20)24(30)32-3)33-13-19(28)26-16-5-4-6-17(11-16)31-2/h4-11,20-21H,13H2,1-3H3,(H,26,28)(H,27,29)/t20-,21-/m0/s1. The molecule has 170 valence electrons. The van der Waals surface area contributed by atoms with Crippen molar-refractivity contribution in [3.8, 4) is 11.8 Å². The van der Waals surface area contributed by atoms with Crippen LogP contribution in [-0.2, 0) is 19.1 Å². The molecule has 1 heterocycles. The Morgan fingerprint density at radius 3 is 2.55 bits per heavy atom. The SMILES string of the molecule is COC(=O)[C@@H]1C(=O)NC(SCC(=O)Nc2cccc(OC)c2)=C(C#N)[C@@H]1c1ccc(C)cc1. The molecule has 0 spiro atoms. The third-order valence-electron chi connectivity index (χ3n) is 5.12. The van der Waals surface area contributed by atoms with Gasteiger partial charge in [-0.25, -0.2) is 0 Å². The first-order valence-corrected chi connectivity index (χ1v) is 11.0. The summed E-state index contributed by atoms with van der Waals surface area (Å²) in [6.07, 6.45) is 0. The average molecular weight is 466 g/mol. The summed E-state index contributed by atoms with van der Waals surface area (Å²) in [6.45, 7) is 1.92. The van der Waals surface area contributed by atoms with Crippen LogP contribution in [0, 0.1) is 24.2 Å². The number of carbonyl (C=O) groups is 3. The van der Waals surface area contributed by atoms with E-state index >= 15 is 0 Å². The van der Waals surface area contributed by atoms with E-state index in [-0.39, 0.29) is 22.3 Å². The average Bonchev–Trinajstić information content (AvgIpc) is 2.82. The predicted molar refractivity (Wildman–Crippen MR) is 124 cm³/mol. The van der Waals surface area contributed by atoms with E-state index in [1.54, 1.807) is 36.4 Å². The summed E-state index contributed by atoms with van der Waals surface area (Å²) in [5.41, 5.74) is 2.40. The van der Waals surface area contributed by atoms with Crippen molar-refractivity contribution >= 4 is 35.2 Å². The van der Waals surface area contributed by atoms with Crippen LogP contribution >= 0.6 is 11.8 Å². The van der Waals surface area contributed by atoms with Crippen molar-refractivity contribution in [3.63, 3.8) is 0 Å². The molecule has 9 heteroatoms. The molecule has 3 rings (SSSR count). The number of aryl methyl sites for hydroxylation is 1. The van der Waals surface area contributed by atoms with Crippen LogP contribution in [0.1, 0.15) is 17.0 Å². The highest BCUT2D eigenvalue weighted by Gasteiger charge is 2.44. The van der Waals surface area contributed by atoms with Crippen LogP contribution < -0.4 is 15.4 Å². The quantitative estimate of drug-likeness (QED) is 0.476. The molecule has 2 atom stereocenters.